The van der Waals surface area contributed by atoms with Gasteiger partial charge in [0.25, 0.3) is 0 Å². The maximum absolute atomic E-state index is 6.32. The van der Waals surface area contributed by atoms with Crippen LogP contribution in [0.3, 0.4) is 0 Å². The molecule has 3 aromatic heterocycles. The third-order valence-electron chi connectivity index (χ3n) is 8.52. The maximum atomic E-state index is 6.32. The molecule has 0 aliphatic heterocycles. The minimum absolute atomic E-state index is 0.589. The van der Waals surface area contributed by atoms with E-state index < -0.39 is 0 Å². The van der Waals surface area contributed by atoms with Gasteiger partial charge in [0.1, 0.15) is 16.6 Å². The molecule has 210 valence electrons. The van der Waals surface area contributed by atoms with Gasteiger partial charge in [-0.15, -0.1) is 0 Å². The van der Waals surface area contributed by atoms with E-state index in [0.29, 0.717) is 17.7 Å². The highest BCUT2D eigenvalue weighted by atomic mass is 16.4. The number of oxazole rings is 3. The molecule has 3 heterocycles. The van der Waals surface area contributed by atoms with Crippen molar-refractivity contribution in [2.24, 2.45) is 0 Å². The zero-order valence-corrected chi connectivity index (χ0v) is 23.7. The van der Waals surface area contributed by atoms with E-state index in [4.69, 9.17) is 28.2 Å². The number of hydrogen-bond acceptors (Lipinski definition) is 6. The van der Waals surface area contributed by atoms with Crippen molar-refractivity contribution < 1.29 is 13.3 Å². The van der Waals surface area contributed by atoms with Crippen LogP contribution in [0.1, 0.15) is 0 Å². The number of hydrogen-bond donors (Lipinski definition) is 0. The van der Waals surface area contributed by atoms with E-state index >= 15 is 0 Å². The van der Waals surface area contributed by atoms with Crippen molar-refractivity contribution in [3.8, 4) is 34.4 Å². The summed E-state index contributed by atoms with van der Waals surface area (Å²) >= 11 is 0. The third-order valence-corrected chi connectivity index (χ3v) is 8.52. The lowest BCUT2D eigenvalue weighted by atomic mass is 9.93. The summed E-state index contributed by atoms with van der Waals surface area (Å²) < 4.78 is 19.0. The van der Waals surface area contributed by atoms with Crippen LogP contribution >= 0.6 is 0 Å². The van der Waals surface area contributed by atoms with Gasteiger partial charge in [-0.05, 0) is 105 Å². The average Bonchev–Trinajstić information content (AvgIpc) is 3.83. The summed E-state index contributed by atoms with van der Waals surface area (Å²) in [6.45, 7) is 0. The summed E-state index contributed by atoms with van der Waals surface area (Å²) in [6.07, 6.45) is 0. The van der Waals surface area contributed by atoms with Gasteiger partial charge in [0.2, 0.25) is 17.7 Å². The number of aromatic nitrogens is 3. The normalized spacial score (nSPS) is 12.0. The molecule has 6 nitrogen and oxygen atoms in total. The molecular formula is C39H21N3O3. The van der Waals surface area contributed by atoms with Crippen molar-refractivity contribution in [3.63, 3.8) is 0 Å². The van der Waals surface area contributed by atoms with Gasteiger partial charge in [-0.2, -0.15) is 0 Å². The molecular weight excluding hydrogens is 558 g/mol. The van der Waals surface area contributed by atoms with Crippen LogP contribution in [0.25, 0.3) is 100.0 Å². The lowest BCUT2D eigenvalue weighted by Gasteiger charge is -2.10. The summed E-state index contributed by atoms with van der Waals surface area (Å²) in [7, 11) is 0. The van der Waals surface area contributed by atoms with Crippen LogP contribution in [-0.2, 0) is 0 Å². The van der Waals surface area contributed by atoms with Crippen LogP contribution < -0.4 is 0 Å². The smallest absolute Gasteiger partial charge is 0.227 e. The van der Waals surface area contributed by atoms with Gasteiger partial charge in [0, 0.05) is 16.7 Å². The Labute approximate surface area is 255 Å². The first-order valence-electron chi connectivity index (χ1n) is 14.8. The molecule has 0 aliphatic rings. The van der Waals surface area contributed by atoms with Crippen molar-refractivity contribution >= 4 is 65.6 Å². The maximum Gasteiger partial charge on any atom is 0.227 e. The predicted molar refractivity (Wildman–Crippen MR) is 178 cm³/mol. The number of fused-ring (bicyclic) bond motifs is 9. The number of rotatable bonds is 3. The molecule has 7 aromatic carbocycles. The molecule has 0 fully saturated rings. The quantitative estimate of drug-likeness (QED) is 0.194. The SMILES string of the molecule is c1ccc(-c2nc3cc4c5cc6oc(-c7ccccc7)nc6cc5c5cc6oc(-c7ccccc7)nc6cc5c4cc3o2)cc1. The molecule has 0 bridgehead atoms. The Kier molecular flexibility index (Phi) is 4.90. The monoisotopic (exact) mass is 579 g/mol. The standard InChI is InChI=1S/C39H21N3O3/c1-4-10-22(11-5-1)37-40-31-16-25-28(19-34(31)43-37)26-17-32-36(45-38(41-32)23-12-6-2-7-13-23)21-30(26)27-18-33-35(20-29(25)27)44-39(42-33)24-14-8-3-9-15-24/h1-21H. The van der Waals surface area contributed by atoms with Crippen molar-refractivity contribution in [1.29, 1.82) is 0 Å². The van der Waals surface area contributed by atoms with Gasteiger partial charge in [0.15, 0.2) is 16.7 Å². The molecule has 45 heavy (non-hydrogen) atoms. The number of benzene rings is 7. The fourth-order valence-corrected chi connectivity index (χ4v) is 6.37. The highest BCUT2D eigenvalue weighted by molar-refractivity contribution is 6.29. The van der Waals surface area contributed by atoms with Gasteiger partial charge < -0.3 is 13.3 Å². The van der Waals surface area contributed by atoms with Gasteiger partial charge in [-0.1, -0.05) is 54.6 Å². The molecule has 0 saturated heterocycles. The van der Waals surface area contributed by atoms with Crippen LogP contribution in [0, 0.1) is 0 Å². The zero-order chi connectivity index (χ0) is 29.5. The van der Waals surface area contributed by atoms with Crippen LogP contribution in [0.5, 0.6) is 0 Å². The average molecular weight is 580 g/mol. The zero-order valence-electron chi connectivity index (χ0n) is 23.7. The minimum Gasteiger partial charge on any atom is -0.436 e. The Balaban J connectivity index is 1.31. The Morgan fingerprint density at radius 1 is 0.311 bits per heavy atom. The predicted octanol–water partition coefficient (Wildman–Crippen LogP) is 10.6. The summed E-state index contributed by atoms with van der Waals surface area (Å²) in [6, 6.07) is 42.5. The molecule has 0 atom stereocenters. The summed E-state index contributed by atoms with van der Waals surface area (Å²) in [5.74, 6) is 1.77. The molecule has 0 radical (unpaired) electrons. The van der Waals surface area contributed by atoms with E-state index in [1.807, 2.05) is 91.0 Å². The summed E-state index contributed by atoms with van der Waals surface area (Å²) in [5.41, 5.74) is 7.33. The molecule has 0 saturated carbocycles. The van der Waals surface area contributed by atoms with Gasteiger partial charge >= 0.3 is 0 Å². The van der Waals surface area contributed by atoms with E-state index in [0.717, 1.165) is 82.3 Å². The van der Waals surface area contributed by atoms with E-state index in [9.17, 15) is 0 Å². The second-order valence-corrected chi connectivity index (χ2v) is 11.3. The minimum atomic E-state index is 0.589. The van der Waals surface area contributed by atoms with Crippen molar-refractivity contribution in [3.05, 3.63) is 127 Å². The Bertz CT molecular complexity index is 2280. The highest BCUT2D eigenvalue weighted by Gasteiger charge is 2.19. The summed E-state index contributed by atoms with van der Waals surface area (Å²) in [4.78, 5) is 14.6. The first kappa shape index (κ1) is 24.2. The second-order valence-electron chi connectivity index (χ2n) is 11.3. The number of nitrogens with zero attached hydrogens (tertiary/aromatic N) is 3. The van der Waals surface area contributed by atoms with Crippen LogP contribution in [0.2, 0.25) is 0 Å². The Morgan fingerprint density at radius 3 is 0.867 bits per heavy atom. The molecule has 0 unspecified atom stereocenters. The lowest BCUT2D eigenvalue weighted by Crippen LogP contribution is -1.85. The highest BCUT2D eigenvalue weighted by Crippen LogP contribution is 2.42. The van der Waals surface area contributed by atoms with E-state index in [1.54, 1.807) is 0 Å². The van der Waals surface area contributed by atoms with Gasteiger partial charge in [0.05, 0.1) is 0 Å². The van der Waals surface area contributed by atoms with Crippen LogP contribution in [-0.4, -0.2) is 15.0 Å². The molecule has 10 rings (SSSR count). The van der Waals surface area contributed by atoms with Gasteiger partial charge in [-0.3, -0.25) is 0 Å². The van der Waals surface area contributed by atoms with Crippen molar-refractivity contribution in [1.82, 2.24) is 15.0 Å². The summed E-state index contributed by atoms with van der Waals surface area (Å²) in [5, 5.41) is 6.24. The van der Waals surface area contributed by atoms with E-state index in [2.05, 4.69) is 36.4 Å². The molecule has 0 N–H and O–H groups in total. The molecule has 6 heteroatoms. The molecule has 10 aromatic rings. The third kappa shape index (κ3) is 3.72. The Morgan fingerprint density at radius 2 is 0.578 bits per heavy atom. The molecule has 0 aliphatic carbocycles. The fraction of sp³-hybridized carbons (Fsp3) is 0. The molecule has 0 spiro atoms. The van der Waals surface area contributed by atoms with Crippen molar-refractivity contribution in [2.45, 2.75) is 0 Å². The largest absolute Gasteiger partial charge is 0.436 e. The van der Waals surface area contributed by atoms with E-state index in [1.165, 1.54) is 0 Å². The van der Waals surface area contributed by atoms with Crippen LogP contribution in [0.15, 0.2) is 141 Å². The first-order chi connectivity index (χ1) is 22.2. The van der Waals surface area contributed by atoms with Crippen molar-refractivity contribution in [2.75, 3.05) is 0 Å². The molecule has 0 amide bonds. The Hall–Kier alpha value is -6.27. The van der Waals surface area contributed by atoms with Gasteiger partial charge in [-0.25, -0.2) is 15.0 Å². The fourth-order valence-electron chi connectivity index (χ4n) is 6.37. The second kappa shape index (κ2) is 9.11. The lowest BCUT2D eigenvalue weighted by molar-refractivity contribution is 0.620. The first-order valence-corrected chi connectivity index (χ1v) is 14.8. The van der Waals surface area contributed by atoms with Crippen LogP contribution in [0.4, 0.5) is 0 Å². The topological polar surface area (TPSA) is 78.1 Å². The van der Waals surface area contributed by atoms with E-state index in [-0.39, 0.29) is 0 Å².